The third-order valence-electron chi connectivity index (χ3n) is 3.95. The van der Waals surface area contributed by atoms with E-state index in [1.54, 1.807) is 0 Å². The fourth-order valence-electron chi connectivity index (χ4n) is 2.73. The van der Waals surface area contributed by atoms with E-state index < -0.39 is 5.60 Å². The quantitative estimate of drug-likeness (QED) is 0.648. The fourth-order valence-corrected chi connectivity index (χ4v) is 2.73. The average Bonchev–Trinajstić information content (AvgIpc) is 2.63. The van der Waals surface area contributed by atoms with Crippen LogP contribution in [0.3, 0.4) is 0 Å². The van der Waals surface area contributed by atoms with E-state index in [1.165, 1.54) is 25.9 Å². The molecule has 2 heterocycles. The molecule has 1 unspecified atom stereocenters. The Bertz CT molecular complexity index is 216. The van der Waals surface area contributed by atoms with Crippen molar-refractivity contribution in [2.75, 3.05) is 39.8 Å². The van der Waals surface area contributed by atoms with Crippen LogP contribution in [0.15, 0.2) is 0 Å². The fraction of sp³-hybridized carbons (Fsp3) is 1.00. The lowest BCUT2D eigenvalue weighted by Crippen LogP contribution is -2.46. The van der Waals surface area contributed by atoms with Gasteiger partial charge in [-0.05, 0) is 39.4 Å². The average molecular weight is 213 g/mol. The van der Waals surface area contributed by atoms with Gasteiger partial charge >= 0.3 is 0 Å². The van der Waals surface area contributed by atoms with Crippen molar-refractivity contribution in [2.24, 2.45) is 5.73 Å². The van der Waals surface area contributed by atoms with Crippen molar-refractivity contribution in [3.8, 4) is 0 Å². The first-order valence-electron chi connectivity index (χ1n) is 5.98. The molecule has 0 aromatic heterocycles. The summed E-state index contributed by atoms with van der Waals surface area (Å²) < 4.78 is 0. The van der Waals surface area contributed by atoms with Gasteiger partial charge in [-0.2, -0.15) is 0 Å². The van der Waals surface area contributed by atoms with E-state index >= 15 is 0 Å². The summed E-state index contributed by atoms with van der Waals surface area (Å²) in [7, 11) is 2.18. The number of piperidine rings is 1. The van der Waals surface area contributed by atoms with Crippen molar-refractivity contribution >= 4 is 0 Å². The van der Waals surface area contributed by atoms with Crippen LogP contribution < -0.4 is 5.73 Å². The van der Waals surface area contributed by atoms with Crippen LogP contribution in [-0.2, 0) is 0 Å². The molecule has 2 aliphatic rings. The number of β-amino-alcohol motifs (C(OH)–C–C–N with tert-alkyl or cyclic N) is 1. The Kier molecular flexibility index (Phi) is 3.30. The smallest absolute Gasteiger partial charge is 0.0907 e. The van der Waals surface area contributed by atoms with Gasteiger partial charge in [-0.25, -0.2) is 0 Å². The molecule has 0 aromatic carbocycles. The molecule has 0 saturated carbocycles. The minimum absolute atomic E-state index is 0.399. The molecule has 4 nitrogen and oxygen atoms in total. The molecule has 4 heteroatoms. The Morgan fingerprint density at radius 3 is 2.53 bits per heavy atom. The standard InChI is InChI=1S/C11H23N3O/c1-13-5-2-10(3-6-13)14-7-4-11(15,8-12)9-14/h10,15H,2-9,12H2,1H3. The lowest BCUT2D eigenvalue weighted by molar-refractivity contribution is 0.0454. The molecule has 15 heavy (non-hydrogen) atoms. The van der Waals surface area contributed by atoms with E-state index in [-0.39, 0.29) is 0 Å². The van der Waals surface area contributed by atoms with Crippen molar-refractivity contribution in [3.63, 3.8) is 0 Å². The van der Waals surface area contributed by atoms with Crippen LogP contribution in [0, 0.1) is 0 Å². The Balaban J connectivity index is 1.86. The molecule has 0 spiro atoms. The molecule has 2 aliphatic heterocycles. The summed E-state index contributed by atoms with van der Waals surface area (Å²) >= 11 is 0. The van der Waals surface area contributed by atoms with Crippen LogP contribution in [-0.4, -0.2) is 66.3 Å². The molecule has 0 aromatic rings. The molecule has 2 saturated heterocycles. The van der Waals surface area contributed by atoms with Gasteiger partial charge in [-0.1, -0.05) is 0 Å². The van der Waals surface area contributed by atoms with Crippen molar-refractivity contribution < 1.29 is 5.11 Å². The van der Waals surface area contributed by atoms with Crippen LogP contribution >= 0.6 is 0 Å². The van der Waals surface area contributed by atoms with Crippen LogP contribution in [0.4, 0.5) is 0 Å². The van der Waals surface area contributed by atoms with Gasteiger partial charge in [-0.15, -0.1) is 0 Å². The van der Waals surface area contributed by atoms with Gasteiger partial charge in [-0.3, -0.25) is 4.90 Å². The Morgan fingerprint density at radius 2 is 2.00 bits per heavy atom. The molecule has 0 bridgehead atoms. The maximum atomic E-state index is 10.1. The van der Waals surface area contributed by atoms with Crippen molar-refractivity contribution in [1.29, 1.82) is 0 Å². The zero-order valence-electron chi connectivity index (χ0n) is 9.65. The SMILES string of the molecule is CN1CCC(N2CCC(O)(CN)C2)CC1. The molecule has 2 rings (SSSR count). The summed E-state index contributed by atoms with van der Waals surface area (Å²) in [6, 6.07) is 0.668. The molecule has 88 valence electrons. The first-order valence-corrected chi connectivity index (χ1v) is 5.98. The monoisotopic (exact) mass is 213 g/mol. The molecule has 2 fully saturated rings. The maximum absolute atomic E-state index is 10.1. The maximum Gasteiger partial charge on any atom is 0.0907 e. The van der Waals surface area contributed by atoms with Gasteiger partial charge in [0.1, 0.15) is 0 Å². The third kappa shape index (κ3) is 2.50. The minimum atomic E-state index is -0.608. The molecule has 0 amide bonds. The highest BCUT2D eigenvalue weighted by atomic mass is 16.3. The molecular weight excluding hydrogens is 190 g/mol. The number of likely N-dealkylation sites (tertiary alicyclic amines) is 2. The Labute approximate surface area is 92.0 Å². The van der Waals surface area contributed by atoms with Gasteiger partial charge < -0.3 is 15.7 Å². The van der Waals surface area contributed by atoms with Gasteiger partial charge in [0.2, 0.25) is 0 Å². The van der Waals surface area contributed by atoms with E-state index in [1.807, 2.05) is 0 Å². The highest BCUT2D eigenvalue weighted by Gasteiger charge is 2.38. The third-order valence-corrected chi connectivity index (χ3v) is 3.95. The number of rotatable bonds is 2. The topological polar surface area (TPSA) is 52.7 Å². The van der Waals surface area contributed by atoms with Gasteiger partial charge in [0.25, 0.3) is 0 Å². The zero-order valence-corrected chi connectivity index (χ0v) is 9.65. The molecular formula is C11H23N3O. The molecule has 0 aliphatic carbocycles. The number of hydrogen-bond acceptors (Lipinski definition) is 4. The van der Waals surface area contributed by atoms with Gasteiger partial charge in [0.05, 0.1) is 5.60 Å². The van der Waals surface area contributed by atoms with Crippen LogP contribution in [0.5, 0.6) is 0 Å². The van der Waals surface area contributed by atoms with Crippen molar-refractivity contribution in [3.05, 3.63) is 0 Å². The summed E-state index contributed by atoms with van der Waals surface area (Å²) in [5.74, 6) is 0. The first kappa shape index (κ1) is 11.3. The van der Waals surface area contributed by atoms with Gasteiger partial charge in [0.15, 0.2) is 0 Å². The summed E-state index contributed by atoms with van der Waals surface area (Å²) in [6.45, 7) is 4.56. The normalized spacial score (nSPS) is 36.2. The number of nitrogens with zero attached hydrogens (tertiary/aromatic N) is 2. The zero-order chi connectivity index (χ0) is 10.9. The lowest BCUT2D eigenvalue weighted by atomic mass is 10.0. The lowest BCUT2D eigenvalue weighted by Gasteiger charge is -2.35. The first-order chi connectivity index (χ1) is 7.13. The van der Waals surface area contributed by atoms with E-state index in [4.69, 9.17) is 5.73 Å². The predicted octanol–water partition coefficient (Wildman–Crippen LogP) is -0.524. The van der Waals surface area contributed by atoms with Gasteiger partial charge in [0, 0.05) is 25.7 Å². The van der Waals surface area contributed by atoms with E-state index in [9.17, 15) is 5.11 Å². The molecule has 0 radical (unpaired) electrons. The van der Waals surface area contributed by atoms with Crippen LogP contribution in [0.25, 0.3) is 0 Å². The summed E-state index contributed by atoms with van der Waals surface area (Å²) in [5.41, 5.74) is 4.99. The van der Waals surface area contributed by atoms with E-state index in [0.717, 1.165) is 19.5 Å². The largest absolute Gasteiger partial charge is 0.387 e. The van der Waals surface area contributed by atoms with Crippen LogP contribution in [0.1, 0.15) is 19.3 Å². The Hall–Kier alpha value is -0.160. The predicted molar refractivity (Wildman–Crippen MR) is 60.7 cm³/mol. The van der Waals surface area contributed by atoms with Crippen molar-refractivity contribution in [1.82, 2.24) is 9.80 Å². The van der Waals surface area contributed by atoms with E-state index in [2.05, 4.69) is 16.8 Å². The second kappa shape index (κ2) is 4.37. The van der Waals surface area contributed by atoms with Crippen molar-refractivity contribution in [2.45, 2.75) is 30.9 Å². The minimum Gasteiger partial charge on any atom is -0.387 e. The second-order valence-corrected chi connectivity index (χ2v) is 5.18. The highest BCUT2D eigenvalue weighted by Crippen LogP contribution is 2.26. The highest BCUT2D eigenvalue weighted by molar-refractivity contribution is 4.94. The molecule has 3 N–H and O–H groups in total. The van der Waals surface area contributed by atoms with E-state index in [0.29, 0.717) is 12.6 Å². The second-order valence-electron chi connectivity index (χ2n) is 5.18. The Morgan fingerprint density at radius 1 is 1.33 bits per heavy atom. The summed E-state index contributed by atoms with van der Waals surface area (Å²) in [6.07, 6.45) is 3.31. The van der Waals surface area contributed by atoms with Crippen LogP contribution in [0.2, 0.25) is 0 Å². The molecule has 1 atom stereocenters. The number of hydrogen-bond donors (Lipinski definition) is 2. The summed E-state index contributed by atoms with van der Waals surface area (Å²) in [5, 5.41) is 10.1. The summed E-state index contributed by atoms with van der Waals surface area (Å²) in [4.78, 5) is 4.81. The number of aliphatic hydroxyl groups is 1. The number of nitrogens with two attached hydrogens (primary N) is 1.